The Labute approximate surface area is 312 Å². The number of hydrogen-bond donors (Lipinski definition) is 0. The van der Waals surface area contributed by atoms with Gasteiger partial charge in [-0.3, -0.25) is 13.4 Å². The van der Waals surface area contributed by atoms with Gasteiger partial charge in [-0.1, -0.05) is 115 Å². The van der Waals surface area contributed by atoms with E-state index in [-0.39, 0.29) is 0 Å². The van der Waals surface area contributed by atoms with Crippen LogP contribution in [0.25, 0.3) is 116 Å². The van der Waals surface area contributed by atoms with Gasteiger partial charge in [0.15, 0.2) is 0 Å². The van der Waals surface area contributed by atoms with Crippen LogP contribution >= 0.6 is 0 Å². The summed E-state index contributed by atoms with van der Waals surface area (Å²) in [6, 6.07) is 60.6. The lowest BCUT2D eigenvalue weighted by Gasteiger charge is -2.15. The van der Waals surface area contributed by atoms with Crippen molar-refractivity contribution < 1.29 is 0 Å². The van der Waals surface area contributed by atoms with Crippen LogP contribution < -0.4 is 0 Å². The fourth-order valence-corrected chi connectivity index (χ4v) is 9.22. The van der Waals surface area contributed by atoms with E-state index in [1.807, 2.05) is 6.07 Å². The second kappa shape index (κ2) is 10.5. The fraction of sp³-hybridized carbons (Fsp3) is 0. The monoisotopic (exact) mass is 700 g/mol. The van der Waals surface area contributed by atoms with Crippen LogP contribution in [-0.4, -0.2) is 28.3 Å². The third-order valence-corrected chi connectivity index (χ3v) is 11.6. The molecule has 0 aliphatic heterocycles. The van der Waals surface area contributed by atoms with E-state index in [4.69, 9.17) is 15.0 Å². The molecule has 0 saturated heterocycles. The van der Waals surface area contributed by atoms with Gasteiger partial charge >= 0.3 is 0 Å². The van der Waals surface area contributed by atoms with Crippen molar-refractivity contribution in [2.75, 3.05) is 0 Å². The van der Waals surface area contributed by atoms with Crippen molar-refractivity contribution in [1.29, 1.82) is 0 Å². The van der Waals surface area contributed by atoms with E-state index in [1.165, 1.54) is 32.5 Å². The van der Waals surface area contributed by atoms with Crippen LogP contribution in [0.5, 0.6) is 0 Å². The first kappa shape index (κ1) is 28.9. The number of imidazole rings is 2. The van der Waals surface area contributed by atoms with Crippen LogP contribution in [-0.2, 0) is 0 Å². The third kappa shape index (κ3) is 3.79. The van der Waals surface area contributed by atoms with E-state index < -0.39 is 0 Å². The average Bonchev–Trinajstić information content (AvgIpc) is 3.94. The summed E-state index contributed by atoms with van der Waals surface area (Å²) in [4.78, 5) is 15.8. The average molecular weight is 701 g/mol. The molecule has 8 aromatic carbocycles. The largest absolute Gasteiger partial charge is 0.292 e. The van der Waals surface area contributed by atoms with E-state index in [9.17, 15) is 0 Å². The smallest absolute Gasteiger partial charge is 0.221 e. The molecule has 55 heavy (non-hydrogen) atoms. The summed E-state index contributed by atoms with van der Waals surface area (Å²) in [7, 11) is 0. The zero-order valence-corrected chi connectivity index (χ0v) is 29.3. The van der Waals surface area contributed by atoms with Crippen LogP contribution in [0.4, 0.5) is 0 Å². The van der Waals surface area contributed by atoms with Gasteiger partial charge < -0.3 is 0 Å². The summed E-state index contributed by atoms with van der Waals surface area (Å²) >= 11 is 0. The highest BCUT2D eigenvalue weighted by molar-refractivity contribution is 6.22. The van der Waals surface area contributed by atoms with Crippen molar-refractivity contribution in [3.8, 4) is 17.1 Å². The Morgan fingerprint density at radius 2 is 0.891 bits per heavy atom. The lowest BCUT2D eigenvalue weighted by Crippen LogP contribution is -2.06. The SMILES string of the molecule is c1ccc2c(c1)nc(-n1c3ccccc3c3cc(-c4ccc5nc6c7ccccc7c7ccccc7n6c5c4)c4ccccc4c31)n1c3ccccc3nc21. The van der Waals surface area contributed by atoms with Crippen molar-refractivity contribution in [2.24, 2.45) is 0 Å². The molecule has 0 saturated carbocycles. The van der Waals surface area contributed by atoms with E-state index >= 15 is 0 Å². The Bertz CT molecular complexity index is 3790. The minimum atomic E-state index is 0.817. The first-order valence-electron chi connectivity index (χ1n) is 18.6. The second-order valence-electron chi connectivity index (χ2n) is 14.4. The first-order chi connectivity index (χ1) is 27.3. The standard InChI is InChI=1S/C49H28N6/c1-3-17-34-31(14-1)37(29-25-26-41-45(27-29)53-42-22-10-6-15-32(42)30-13-2-4-18-35(30)47(53)51-41)28-38-33-16-7-11-23-43(33)54(46(34)38)49-52-39-20-8-5-19-36(39)48-50-40-21-9-12-24-44(40)55(48)49/h1-28H. The molecule has 0 amide bonds. The molecule has 5 aromatic heterocycles. The number of pyridine rings is 1. The molecule has 0 radical (unpaired) electrons. The molecule has 6 nitrogen and oxygen atoms in total. The zero-order valence-electron chi connectivity index (χ0n) is 29.3. The minimum Gasteiger partial charge on any atom is -0.292 e. The highest BCUT2D eigenvalue weighted by atomic mass is 15.2. The van der Waals surface area contributed by atoms with Crippen LogP contribution in [0.1, 0.15) is 0 Å². The van der Waals surface area contributed by atoms with Gasteiger partial charge in [-0.2, -0.15) is 0 Å². The number of para-hydroxylation sites is 5. The van der Waals surface area contributed by atoms with Crippen molar-refractivity contribution in [1.82, 2.24) is 28.3 Å². The quantitative estimate of drug-likeness (QED) is 0.169. The van der Waals surface area contributed by atoms with Gasteiger partial charge in [-0.15, -0.1) is 0 Å². The first-order valence-corrected chi connectivity index (χ1v) is 18.6. The molecule has 0 unspecified atom stereocenters. The van der Waals surface area contributed by atoms with Crippen molar-refractivity contribution in [3.05, 3.63) is 170 Å². The molecule has 0 bridgehead atoms. The predicted molar refractivity (Wildman–Crippen MR) is 227 cm³/mol. The highest BCUT2D eigenvalue weighted by Crippen LogP contribution is 2.43. The number of hydrogen-bond acceptors (Lipinski definition) is 3. The van der Waals surface area contributed by atoms with Gasteiger partial charge in [0.05, 0.1) is 44.1 Å². The molecule has 6 heteroatoms. The van der Waals surface area contributed by atoms with Gasteiger partial charge in [0.2, 0.25) is 5.95 Å². The highest BCUT2D eigenvalue weighted by Gasteiger charge is 2.23. The third-order valence-electron chi connectivity index (χ3n) is 11.6. The predicted octanol–water partition coefficient (Wildman–Crippen LogP) is 12.1. The summed E-state index contributed by atoms with van der Waals surface area (Å²) in [6.45, 7) is 0. The molecule has 0 spiro atoms. The summed E-state index contributed by atoms with van der Waals surface area (Å²) < 4.78 is 6.93. The minimum absolute atomic E-state index is 0.817. The summed E-state index contributed by atoms with van der Waals surface area (Å²) in [5.41, 5.74) is 12.5. The Hall–Kier alpha value is -7.57. The van der Waals surface area contributed by atoms with E-state index in [2.05, 4.69) is 177 Å². The topological polar surface area (TPSA) is 52.4 Å². The van der Waals surface area contributed by atoms with E-state index in [0.717, 1.165) is 83.1 Å². The molecule has 0 aliphatic carbocycles. The van der Waals surface area contributed by atoms with Gasteiger partial charge in [-0.05, 0) is 76.5 Å². The summed E-state index contributed by atoms with van der Waals surface area (Å²) in [5.74, 6) is 0.817. The second-order valence-corrected chi connectivity index (χ2v) is 14.4. The Morgan fingerprint density at radius 3 is 1.69 bits per heavy atom. The number of rotatable bonds is 2. The van der Waals surface area contributed by atoms with E-state index in [1.54, 1.807) is 0 Å². The lowest BCUT2D eigenvalue weighted by atomic mass is 9.95. The Kier molecular flexibility index (Phi) is 5.54. The van der Waals surface area contributed by atoms with Crippen LogP contribution in [0.2, 0.25) is 0 Å². The number of aromatic nitrogens is 6. The molecule has 0 aliphatic rings. The normalized spacial score (nSPS) is 12.4. The molecule has 0 atom stereocenters. The molecule has 13 rings (SSSR count). The van der Waals surface area contributed by atoms with Crippen molar-refractivity contribution in [2.45, 2.75) is 0 Å². The van der Waals surface area contributed by atoms with Gasteiger partial charge in [0.25, 0.3) is 0 Å². The maximum absolute atomic E-state index is 5.44. The molecule has 13 aromatic rings. The van der Waals surface area contributed by atoms with Crippen molar-refractivity contribution >= 4 is 98.5 Å². The van der Waals surface area contributed by atoms with Gasteiger partial charge in [0.1, 0.15) is 11.3 Å². The summed E-state index contributed by atoms with van der Waals surface area (Å²) in [5, 5.41) is 9.30. The molecular formula is C49H28N6. The molecule has 0 fully saturated rings. The van der Waals surface area contributed by atoms with Crippen LogP contribution in [0, 0.1) is 0 Å². The Morgan fingerprint density at radius 1 is 0.327 bits per heavy atom. The fourth-order valence-electron chi connectivity index (χ4n) is 9.22. The molecule has 0 N–H and O–H groups in total. The number of nitrogens with zero attached hydrogens (tertiary/aromatic N) is 6. The molecule has 254 valence electrons. The maximum atomic E-state index is 5.44. The lowest BCUT2D eigenvalue weighted by molar-refractivity contribution is 0.982. The van der Waals surface area contributed by atoms with Gasteiger partial charge in [-0.25, -0.2) is 15.0 Å². The van der Waals surface area contributed by atoms with Gasteiger partial charge in [0, 0.05) is 32.3 Å². The number of benzene rings is 8. The van der Waals surface area contributed by atoms with Crippen LogP contribution in [0.15, 0.2) is 170 Å². The number of fused-ring (bicyclic) bond motifs is 18. The Balaban J connectivity index is 1.16. The maximum Gasteiger partial charge on any atom is 0.221 e. The zero-order chi connectivity index (χ0) is 35.8. The van der Waals surface area contributed by atoms with Crippen molar-refractivity contribution in [3.63, 3.8) is 0 Å². The molecular weight excluding hydrogens is 673 g/mol. The molecule has 5 heterocycles. The van der Waals surface area contributed by atoms with Crippen LogP contribution in [0.3, 0.4) is 0 Å². The van der Waals surface area contributed by atoms with E-state index in [0.29, 0.717) is 0 Å². The summed E-state index contributed by atoms with van der Waals surface area (Å²) in [6.07, 6.45) is 0.